The van der Waals surface area contributed by atoms with Crippen LogP contribution < -0.4 is 0 Å². The molecule has 0 amide bonds. The summed E-state index contributed by atoms with van der Waals surface area (Å²) >= 11 is 0. The smallest absolute Gasteiger partial charge is 0.187 e. The second-order valence-corrected chi connectivity index (χ2v) is 5.24. The third-order valence-corrected chi connectivity index (χ3v) is 3.66. The van der Waals surface area contributed by atoms with Crippen molar-refractivity contribution in [2.24, 2.45) is 0 Å². The average Bonchev–Trinajstić information content (AvgIpc) is 2.85. The topological polar surface area (TPSA) is 57.2 Å². The maximum absolute atomic E-state index is 10.3. The second kappa shape index (κ2) is 7.55. The predicted molar refractivity (Wildman–Crippen MR) is 69.9 cm³/mol. The van der Waals surface area contributed by atoms with E-state index < -0.39 is 12.4 Å². The zero-order valence-corrected chi connectivity index (χ0v) is 11.9. The predicted octanol–water partition coefficient (Wildman–Crippen LogP) is 1.47. The molecule has 4 unspecified atom stereocenters. The summed E-state index contributed by atoms with van der Waals surface area (Å²) in [7, 11) is 0. The summed E-state index contributed by atoms with van der Waals surface area (Å²) in [6.45, 7) is 5.95. The lowest BCUT2D eigenvalue weighted by molar-refractivity contribution is -0.254. The fourth-order valence-electron chi connectivity index (χ4n) is 2.45. The minimum atomic E-state index is -0.665. The van der Waals surface area contributed by atoms with E-state index in [0.29, 0.717) is 19.8 Å². The first-order valence-electron chi connectivity index (χ1n) is 7.46. The Morgan fingerprint density at radius 2 is 1.68 bits per heavy atom. The van der Waals surface area contributed by atoms with E-state index in [2.05, 4.69) is 13.8 Å². The van der Waals surface area contributed by atoms with E-state index in [1.807, 2.05) is 0 Å². The fraction of sp³-hybridized carbons (Fsp3) is 1.00. The number of rotatable bonds is 8. The van der Waals surface area contributed by atoms with Crippen LogP contribution in [0.2, 0.25) is 0 Å². The zero-order valence-electron chi connectivity index (χ0n) is 11.9. The van der Waals surface area contributed by atoms with Gasteiger partial charge < -0.3 is 24.1 Å². The molecule has 0 saturated carbocycles. The molecule has 5 nitrogen and oxygen atoms in total. The molecule has 0 aromatic carbocycles. The summed E-state index contributed by atoms with van der Waals surface area (Å²) in [5, 5.41) is 10.3. The van der Waals surface area contributed by atoms with Gasteiger partial charge in [0.2, 0.25) is 0 Å². The van der Waals surface area contributed by atoms with Crippen molar-refractivity contribution < 1.29 is 24.1 Å². The molecule has 112 valence electrons. The number of ether oxygens (including phenoxy) is 4. The fourth-order valence-corrected chi connectivity index (χ4v) is 2.45. The molecule has 2 fully saturated rings. The van der Waals surface area contributed by atoms with Crippen molar-refractivity contribution in [2.75, 3.05) is 19.8 Å². The number of hydrogen-bond acceptors (Lipinski definition) is 5. The van der Waals surface area contributed by atoms with Gasteiger partial charge >= 0.3 is 0 Å². The largest absolute Gasteiger partial charge is 0.387 e. The van der Waals surface area contributed by atoms with Gasteiger partial charge in [-0.2, -0.15) is 0 Å². The Bertz CT molecular complexity index is 250. The van der Waals surface area contributed by atoms with Crippen LogP contribution in [0.25, 0.3) is 0 Å². The van der Waals surface area contributed by atoms with Gasteiger partial charge in [-0.25, -0.2) is 0 Å². The summed E-state index contributed by atoms with van der Waals surface area (Å²) in [6.07, 6.45) is 2.13. The van der Waals surface area contributed by atoms with Crippen molar-refractivity contribution in [1.29, 1.82) is 0 Å². The van der Waals surface area contributed by atoms with E-state index in [0.717, 1.165) is 25.7 Å². The molecule has 0 aliphatic carbocycles. The molecular weight excluding hydrogens is 248 g/mol. The van der Waals surface area contributed by atoms with E-state index in [1.165, 1.54) is 0 Å². The van der Waals surface area contributed by atoms with Crippen LogP contribution in [0, 0.1) is 0 Å². The summed E-state index contributed by atoms with van der Waals surface area (Å²) < 4.78 is 22.8. The van der Waals surface area contributed by atoms with Gasteiger partial charge in [0.25, 0.3) is 0 Å². The van der Waals surface area contributed by atoms with E-state index in [1.54, 1.807) is 0 Å². The lowest BCUT2D eigenvalue weighted by Crippen LogP contribution is -2.56. The maximum atomic E-state index is 10.3. The average molecular weight is 274 g/mol. The number of unbranched alkanes of at least 4 members (excludes halogenated alkanes) is 2. The van der Waals surface area contributed by atoms with Crippen LogP contribution in [0.3, 0.4) is 0 Å². The maximum Gasteiger partial charge on any atom is 0.187 e. The standard InChI is InChI=1S/C14H26O5/c1-3-5-7-16-12-11(15)10-9-18-14(19-10)13(12)17-8-6-4-2/h10-15H,3-9H2,1-2H3/t10?,11?,12-,13?,14?/m0/s1. The third-order valence-electron chi connectivity index (χ3n) is 3.66. The quantitative estimate of drug-likeness (QED) is 0.679. The van der Waals surface area contributed by atoms with E-state index in [-0.39, 0.29) is 18.3 Å². The summed E-state index contributed by atoms with van der Waals surface area (Å²) in [5.41, 5.74) is 0. The molecule has 0 radical (unpaired) electrons. The Balaban J connectivity index is 1.92. The number of aliphatic hydroxyl groups is 1. The molecule has 0 aromatic heterocycles. The van der Waals surface area contributed by atoms with Gasteiger partial charge in [0.15, 0.2) is 6.29 Å². The van der Waals surface area contributed by atoms with Crippen LogP contribution in [0.15, 0.2) is 0 Å². The van der Waals surface area contributed by atoms with Gasteiger partial charge in [0.1, 0.15) is 24.4 Å². The summed E-state index contributed by atoms with van der Waals surface area (Å²) in [6, 6.07) is 0. The van der Waals surface area contributed by atoms with Gasteiger partial charge in [-0.1, -0.05) is 26.7 Å². The molecule has 0 spiro atoms. The molecule has 1 N–H and O–H groups in total. The number of fused-ring (bicyclic) bond motifs is 2. The van der Waals surface area contributed by atoms with Crippen molar-refractivity contribution >= 4 is 0 Å². The normalized spacial score (nSPS) is 37.7. The van der Waals surface area contributed by atoms with Crippen molar-refractivity contribution in [1.82, 2.24) is 0 Å². The van der Waals surface area contributed by atoms with E-state index >= 15 is 0 Å². The molecular formula is C14H26O5. The molecule has 2 rings (SSSR count). The van der Waals surface area contributed by atoms with Gasteiger partial charge in [0.05, 0.1) is 6.61 Å². The minimum absolute atomic E-state index is 0.275. The third kappa shape index (κ3) is 3.67. The molecule has 19 heavy (non-hydrogen) atoms. The van der Waals surface area contributed by atoms with Crippen LogP contribution in [0.4, 0.5) is 0 Å². The zero-order chi connectivity index (χ0) is 13.7. The Hall–Kier alpha value is -0.200. The van der Waals surface area contributed by atoms with Gasteiger partial charge in [-0.15, -0.1) is 0 Å². The first-order chi connectivity index (χ1) is 9.27. The Morgan fingerprint density at radius 3 is 2.32 bits per heavy atom. The first kappa shape index (κ1) is 15.2. The van der Waals surface area contributed by atoms with Crippen LogP contribution in [-0.2, 0) is 18.9 Å². The van der Waals surface area contributed by atoms with Gasteiger partial charge in [0, 0.05) is 13.2 Å². The highest BCUT2D eigenvalue weighted by molar-refractivity contribution is 4.94. The summed E-state index contributed by atoms with van der Waals surface area (Å²) in [4.78, 5) is 0. The van der Waals surface area contributed by atoms with Gasteiger partial charge in [-0.05, 0) is 12.8 Å². The highest BCUT2D eigenvalue weighted by Gasteiger charge is 2.51. The van der Waals surface area contributed by atoms with Crippen LogP contribution >= 0.6 is 0 Å². The lowest BCUT2D eigenvalue weighted by atomic mass is 10.0. The summed E-state index contributed by atoms with van der Waals surface area (Å²) in [5.74, 6) is 0. The van der Waals surface area contributed by atoms with Gasteiger partial charge in [-0.3, -0.25) is 0 Å². The molecule has 0 aromatic rings. The molecule has 2 aliphatic heterocycles. The lowest BCUT2D eigenvalue weighted by Gasteiger charge is -2.38. The Morgan fingerprint density at radius 1 is 1.05 bits per heavy atom. The highest BCUT2D eigenvalue weighted by atomic mass is 16.8. The molecule has 2 aliphatic rings. The SMILES string of the molecule is CCCCOC1C2OCC(O2)C(O)[C@@H]1OCCCC. The molecule has 5 heteroatoms. The minimum Gasteiger partial charge on any atom is -0.387 e. The Labute approximate surface area is 115 Å². The van der Waals surface area contributed by atoms with E-state index in [4.69, 9.17) is 18.9 Å². The number of aliphatic hydroxyl groups excluding tert-OH is 1. The monoisotopic (exact) mass is 274 g/mol. The van der Waals surface area contributed by atoms with Crippen molar-refractivity contribution in [3.8, 4) is 0 Å². The molecule has 2 saturated heterocycles. The second-order valence-electron chi connectivity index (χ2n) is 5.24. The number of hydrogen-bond donors (Lipinski definition) is 1. The van der Waals surface area contributed by atoms with Crippen LogP contribution in [0.1, 0.15) is 39.5 Å². The van der Waals surface area contributed by atoms with Crippen molar-refractivity contribution in [2.45, 2.75) is 70.2 Å². The van der Waals surface area contributed by atoms with Crippen molar-refractivity contribution in [3.63, 3.8) is 0 Å². The molecule has 5 atom stereocenters. The molecule has 2 bridgehead atoms. The van der Waals surface area contributed by atoms with Crippen molar-refractivity contribution in [3.05, 3.63) is 0 Å². The molecule has 2 heterocycles. The first-order valence-corrected chi connectivity index (χ1v) is 7.46. The van der Waals surface area contributed by atoms with Crippen LogP contribution in [0.5, 0.6) is 0 Å². The van der Waals surface area contributed by atoms with E-state index in [9.17, 15) is 5.11 Å². The Kier molecular flexibility index (Phi) is 6.04. The highest BCUT2D eigenvalue weighted by Crippen LogP contribution is 2.32. The van der Waals surface area contributed by atoms with Crippen LogP contribution in [-0.4, -0.2) is 55.6 Å².